The van der Waals surface area contributed by atoms with E-state index in [4.69, 9.17) is 6.42 Å². The summed E-state index contributed by atoms with van der Waals surface area (Å²) in [6.45, 7) is 0. The van der Waals surface area contributed by atoms with Gasteiger partial charge in [0.25, 0.3) is 0 Å². The first-order valence-corrected chi connectivity index (χ1v) is 0.289. The molecule has 0 aromatic carbocycles. The third-order valence-electron chi connectivity index (χ3n) is 0. The molecule has 0 rings (SSSR count). The molecule has 0 heterocycles. The molecule has 0 saturated heterocycles. The number of hydrogen-bond donors (Lipinski definition) is 0. The number of rotatable bonds is 0. The molecule has 0 unspecified atom stereocenters. The first-order chi connectivity index (χ1) is 1.00. The Hall–Kier alpha value is 0.300. The van der Waals surface area contributed by atoms with Crippen LogP contribution < -0.4 is 0 Å². The van der Waals surface area contributed by atoms with Crippen LogP contribution in [0, 0.1) is 20.3 Å². The van der Waals surface area contributed by atoms with Crippen LogP contribution in [0.3, 0.4) is 0 Å². The zero-order valence-electron chi connectivity index (χ0n) is 2.38. The van der Waals surface area contributed by atoms with Crippen LogP contribution in [-0.4, -0.2) is 0 Å². The molecule has 0 aliphatic carbocycles. The van der Waals surface area contributed by atoms with Crippen LogP contribution in [0.25, 0.3) is 0 Å². The smallest absolute Gasteiger partial charge is 0 e. The van der Waals surface area contributed by atoms with Crippen molar-refractivity contribution in [2.45, 2.75) is 0 Å². The summed E-state index contributed by atoms with van der Waals surface area (Å²) in [6, 6.07) is 0. The summed E-state index contributed by atoms with van der Waals surface area (Å²) in [5.74, 6) is 0. The van der Waals surface area contributed by atoms with E-state index in [1.807, 2.05) is 0 Å². The molecule has 0 bridgehead atoms. The van der Waals surface area contributed by atoms with E-state index in [-0.39, 0.29) is 29.8 Å². The monoisotopic (exact) mass is 147 g/mol. The molecule has 0 spiro atoms. The minimum absolute atomic E-state index is 0. The summed E-state index contributed by atoms with van der Waals surface area (Å²) < 4.78 is 0. The van der Waals surface area contributed by atoms with Gasteiger partial charge in [0.15, 0.2) is 0 Å². The largest absolute Gasteiger partial charge is 0.697 e. The van der Waals surface area contributed by atoms with Crippen molar-refractivity contribution in [3.8, 4) is 6.42 Å². The van der Waals surface area contributed by atoms with Gasteiger partial charge < -0.3 is 20.3 Å². The number of terminal acetylenes is 1. The van der Waals surface area contributed by atoms with E-state index in [9.17, 15) is 0 Å². The van der Waals surface area contributed by atoms with E-state index < -0.39 is 0 Å². The predicted molar refractivity (Wildman–Crippen MR) is 14.6 cm³/mol. The summed E-state index contributed by atoms with van der Waals surface area (Å²) in [6.07, 6.45) is 9.00. The van der Waals surface area contributed by atoms with Gasteiger partial charge in [-0.05, 0) is 0 Å². The maximum atomic E-state index is 5.25. The zero-order valence-corrected chi connectivity index (χ0v) is 3.86. The molecule has 4 heavy (non-hydrogen) atoms. The first kappa shape index (κ1) is 27.7. The van der Waals surface area contributed by atoms with Gasteiger partial charge in [-0.3, -0.25) is 0 Å². The summed E-state index contributed by atoms with van der Waals surface area (Å²) in [5, 5.41) is 0. The van der Waals surface area contributed by atoms with E-state index in [1.165, 1.54) is 0 Å². The molecule has 0 nitrogen and oxygen atoms in total. The van der Waals surface area contributed by atoms with Gasteiger partial charge in [-0.2, -0.15) is 0 Å². The summed E-state index contributed by atoms with van der Waals surface area (Å²) in [5.41, 5.74) is 0. The molecule has 0 aliphatic heterocycles. The van der Waals surface area contributed by atoms with Crippen LogP contribution in [0.15, 0.2) is 0 Å². The Morgan fingerprint density at radius 2 is 1.25 bits per heavy atom. The Labute approximate surface area is 43.1 Å². The second-order valence-corrected chi connectivity index (χ2v) is 0. The van der Waals surface area contributed by atoms with Crippen molar-refractivity contribution in [3.63, 3.8) is 0 Å². The Balaban J connectivity index is -0.00000000500. The van der Waals surface area contributed by atoms with Crippen molar-refractivity contribution in [2.75, 3.05) is 0 Å². The van der Waals surface area contributed by atoms with Gasteiger partial charge in [-0.25, -0.2) is 0 Å². The third kappa shape index (κ3) is 43.1. The van der Waals surface area contributed by atoms with Gasteiger partial charge in [0.2, 0.25) is 0 Å². The molecular formula is C3H4Ag-2. The van der Waals surface area contributed by atoms with Crippen LogP contribution in [0.2, 0.25) is 0 Å². The Kier molecular flexibility index (Phi) is 1340. The molecule has 0 amide bonds. The van der Waals surface area contributed by atoms with Crippen LogP contribution in [0.1, 0.15) is 0 Å². The van der Waals surface area contributed by atoms with Crippen molar-refractivity contribution in [1.29, 1.82) is 0 Å². The average molecular weight is 148 g/mol. The molecule has 0 aromatic heterocycles. The van der Waals surface area contributed by atoms with Crippen molar-refractivity contribution in [2.24, 2.45) is 0 Å². The molecule has 0 saturated carbocycles. The molecule has 1 heteroatoms. The zero-order chi connectivity index (χ0) is 2.00. The van der Waals surface area contributed by atoms with Gasteiger partial charge in [-0.15, -0.1) is 0 Å². The minimum Gasteiger partial charge on any atom is -0.697 e. The second-order valence-electron chi connectivity index (χ2n) is 0. The quantitative estimate of drug-likeness (QED) is 0.269. The summed E-state index contributed by atoms with van der Waals surface area (Å²) >= 11 is 0. The maximum absolute atomic E-state index is 5.25. The molecule has 1 radical (unpaired) electrons. The van der Waals surface area contributed by atoms with Crippen LogP contribution in [0.4, 0.5) is 0 Å². The van der Waals surface area contributed by atoms with Gasteiger partial charge in [0, 0.05) is 22.4 Å². The van der Waals surface area contributed by atoms with Crippen molar-refractivity contribution >= 4 is 0 Å². The second kappa shape index (κ2) is 194. The molecule has 0 fully saturated rings. The summed E-state index contributed by atoms with van der Waals surface area (Å²) in [7, 11) is 0. The van der Waals surface area contributed by atoms with E-state index in [0.29, 0.717) is 0 Å². The van der Waals surface area contributed by atoms with Crippen LogP contribution in [0.5, 0.6) is 0 Å². The Morgan fingerprint density at radius 1 is 1.25 bits per heavy atom. The molecule has 0 N–H and O–H groups in total. The fourth-order valence-electron chi connectivity index (χ4n) is 0. The van der Waals surface area contributed by atoms with Gasteiger partial charge in [0.05, 0.1) is 0 Å². The SMILES string of the molecule is [Ag].[C-]#C.[CH3-]. The number of hydrogen-bond acceptors (Lipinski definition) is 0. The fourth-order valence-corrected chi connectivity index (χ4v) is 0. The minimum atomic E-state index is 0. The van der Waals surface area contributed by atoms with Crippen LogP contribution >= 0.6 is 0 Å². The Morgan fingerprint density at radius 3 is 1.25 bits per heavy atom. The molecule has 0 aromatic rings. The van der Waals surface area contributed by atoms with Gasteiger partial charge >= 0.3 is 0 Å². The average Bonchev–Trinajstić information content (AvgIpc) is 1.00. The standard InChI is InChI=1S/C2H.CH3.Ag/c1-2;;/h1H;1H3;/q2*-1;. The van der Waals surface area contributed by atoms with Gasteiger partial charge in [0.1, 0.15) is 0 Å². The van der Waals surface area contributed by atoms with Gasteiger partial charge in [-0.1, -0.05) is 0 Å². The van der Waals surface area contributed by atoms with E-state index in [2.05, 4.69) is 6.42 Å². The molecular weight excluding hydrogens is 144 g/mol. The Bertz CT molecular complexity index is 8.00. The van der Waals surface area contributed by atoms with E-state index in [0.717, 1.165) is 0 Å². The first-order valence-electron chi connectivity index (χ1n) is 0.289. The molecule has 29 valence electrons. The van der Waals surface area contributed by atoms with Crippen LogP contribution in [-0.2, 0) is 22.4 Å². The van der Waals surface area contributed by atoms with Crippen molar-refractivity contribution in [1.82, 2.24) is 0 Å². The summed E-state index contributed by atoms with van der Waals surface area (Å²) in [4.78, 5) is 0. The van der Waals surface area contributed by atoms with E-state index >= 15 is 0 Å². The molecule has 0 atom stereocenters. The fraction of sp³-hybridized carbons (Fsp3) is 0. The normalized spacial score (nSPS) is 0.500. The topological polar surface area (TPSA) is 0 Å². The van der Waals surface area contributed by atoms with Crippen molar-refractivity contribution < 1.29 is 22.4 Å². The van der Waals surface area contributed by atoms with E-state index in [1.54, 1.807) is 0 Å². The molecule has 0 aliphatic rings. The third-order valence-corrected chi connectivity index (χ3v) is 0. The van der Waals surface area contributed by atoms with Crippen molar-refractivity contribution in [3.05, 3.63) is 13.9 Å². The maximum Gasteiger partial charge on any atom is 0 e. The predicted octanol–water partition coefficient (Wildman–Crippen LogP) is 0.654.